The standard InChI is InChI=1S/C19H22O3/c1-3-8-18(16-9-6-5-7-10-16)22-19(20)21-17-13-11-15(4-2)12-14-17/h5-7,9-14,18H,3-4,8H2,1-2H3. The van der Waals surface area contributed by atoms with E-state index in [1.165, 1.54) is 5.56 Å². The average molecular weight is 298 g/mol. The van der Waals surface area contributed by atoms with Crippen LogP contribution in [0.3, 0.4) is 0 Å². The van der Waals surface area contributed by atoms with Gasteiger partial charge < -0.3 is 9.47 Å². The summed E-state index contributed by atoms with van der Waals surface area (Å²) < 4.78 is 10.7. The molecule has 0 fully saturated rings. The fraction of sp³-hybridized carbons (Fsp3) is 0.316. The number of aryl methyl sites for hydroxylation is 1. The summed E-state index contributed by atoms with van der Waals surface area (Å²) in [4.78, 5) is 12.0. The van der Waals surface area contributed by atoms with E-state index in [1.807, 2.05) is 42.5 Å². The number of carbonyl (C=O) groups is 1. The van der Waals surface area contributed by atoms with Crippen molar-refractivity contribution in [3.63, 3.8) is 0 Å². The Bertz CT molecular complexity index is 575. The Morgan fingerprint density at radius 1 is 1.00 bits per heavy atom. The van der Waals surface area contributed by atoms with Crippen molar-refractivity contribution in [1.29, 1.82) is 0 Å². The molecule has 1 atom stereocenters. The van der Waals surface area contributed by atoms with Gasteiger partial charge in [0.05, 0.1) is 0 Å². The number of carbonyl (C=O) groups excluding carboxylic acids is 1. The van der Waals surface area contributed by atoms with Gasteiger partial charge in [0.1, 0.15) is 11.9 Å². The Labute approximate surface area is 131 Å². The minimum atomic E-state index is -0.661. The average Bonchev–Trinajstić information content (AvgIpc) is 2.56. The van der Waals surface area contributed by atoms with Crippen molar-refractivity contribution in [2.24, 2.45) is 0 Å². The molecule has 3 nitrogen and oxygen atoms in total. The van der Waals surface area contributed by atoms with Gasteiger partial charge in [-0.15, -0.1) is 0 Å². The number of benzene rings is 2. The highest BCUT2D eigenvalue weighted by molar-refractivity contribution is 5.64. The summed E-state index contributed by atoms with van der Waals surface area (Å²) in [5.41, 5.74) is 2.19. The summed E-state index contributed by atoms with van der Waals surface area (Å²) in [6.07, 6.45) is 1.73. The van der Waals surface area contributed by atoms with Gasteiger partial charge in [-0.2, -0.15) is 0 Å². The summed E-state index contributed by atoms with van der Waals surface area (Å²) in [5, 5.41) is 0. The highest BCUT2D eigenvalue weighted by Gasteiger charge is 2.17. The molecular weight excluding hydrogens is 276 g/mol. The van der Waals surface area contributed by atoms with Crippen molar-refractivity contribution >= 4 is 6.16 Å². The summed E-state index contributed by atoms with van der Waals surface area (Å²) >= 11 is 0. The normalized spacial score (nSPS) is 11.7. The van der Waals surface area contributed by atoms with Crippen molar-refractivity contribution in [2.75, 3.05) is 0 Å². The van der Waals surface area contributed by atoms with E-state index in [-0.39, 0.29) is 6.10 Å². The maximum Gasteiger partial charge on any atom is 0.514 e. The molecule has 0 saturated heterocycles. The molecule has 0 spiro atoms. The minimum absolute atomic E-state index is 0.270. The van der Waals surface area contributed by atoms with Crippen molar-refractivity contribution in [3.05, 3.63) is 65.7 Å². The van der Waals surface area contributed by atoms with Crippen LogP contribution in [0.5, 0.6) is 5.75 Å². The third-order valence-electron chi connectivity index (χ3n) is 3.49. The van der Waals surface area contributed by atoms with E-state index in [0.717, 1.165) is 24.8 Å². The van der Waals surface area contributed by atoms with Crippen LogP contribution in [0.2, 0.25) is 0 Å². The molecule has 0 amide bonds. The van der Waals surface area contributed by atoms with Crippen LogP contribution >= 0.6 is 0 Å². The van der Waals surface area contributed by atoms with Crippen molar-refractivity contribution in [1.82, 2.24) is 0 Å². The van der Waals surface area contributed by atoms with Crippen LogP contribution < -0.4 is 4.74 Å². The van der Waals surface area contributed by atoms with Gasteiger partial charge in [-0.05, 0) is 36.1 Å². The van der Waals surface area contributed by atoms with E-state index in [1.54, 1.807) is 12.1 Å². The van der Waals surface area contributed by atoms with Crippen molar-refractivity contribution in [3.8, 4) is 5.75 Å². The topological polar surface area (TPSA) is 35.5 Å². The third-order valence-corrected chi connectivity index (χ3v) is 3.49. The molecule has 116 valence electrons. The predicted molar refractivity (Wildman–Crippen MR) is 87.0 cm³/mol. The first-order valence-electron chi connectivity index (χ1n) is 7.75. The van der Waals surface area contributed by atoms with E-state index < -0.39 is 6.16 Å². The predicted octanol–water partition coefficient (Wildman–Crippen LogP) is 5.31. The largest absolute Gasteiger partial charge is 0.514 e. The maximum absolute atomic E-state index is 12.0. The number of hydrogen-bond acceptors (Lipinski definition) is 3. The minimum Gasteiger partial charge on any atom is -0.426 e. The van der Waals surface area contributed by atoms with E-state index >= 15 is 0 Å². The Hall–Kier alpha value is -2.29. The molecule has 0 aliphatic rings. The molecular formula is C19H22O3. The Morgan fingerprint density at radius 3 is 2.27 bits per heavy atom. The zero-order valence-electron chi connectivity index (χ0n) is 13.1. The smallest absolute Gasteiger partial charge is 0.426 e. The number of hydrogen-bond donors (Lipinski definition) is 0. The lowest BCUT2D eigenvalue weighted by Gasteiger charge is -2.17. The van der Waals surface area contributed by atoms with Crippen molar-refractivity contribution in [2.45, 2.75) is 39.2 Å². The molecule has 0 aliphatic carbocycles. The molecule has 22 heavy (non-hydrogen) atoms. The first kappa shape index (κ1) is 16.1. The summed E-state index contributed by atoms with van der Waals surface area (Å²) in [7, 11) is 0. The summed E-state index contributed by atoms with van der Waals surface area (Å²) in [5.74, 6) is 0.505. The fourth-order valence-electron chi connectivity index (χ4n) is 2.25. The quantitative estimate of drug-likeness (QED) is 0.536. The molecule has 2 aromatic carbocycles. The van der Waals surface area contributed by atoms with Gasteiger partial charge in [0.25, 0.3) is 0 Å². The van der Waals surface area contributed by atoms with E-state index in [9.17, 15) is 4.79 Å². The fourth-order valence-corrected chi connectivity index (χ4v) is 2.25. The second-order valence-corrected chi connectivity index (χ2v) is 5.16. The number of rotatable bonds is 6. The van der Waals surface area contributed by atoms with Crippen LogP contribution in [0.1, 0.15) is 43.9 Å². The monoisotopic (exact) mass is 298 g/mol. The highest BCUT2D eigenvalue weighted by Crippen LogP contribution is 2.23. The van der Waals surface area contributed by atoms with Crippen LogP contribution in [-0.4, -0.2) is 6.16 Å². The molecule has 1 unspecified atom stereocenters. The first-order valence-corrected chi connectivity index (χ1v) is 7.75. The van der Waals surface area contributed by atoms with E-state index in [4.69, 9.17) is 9.47 Å². The van der Waals surface area contributed by atoms with E-state index in [0.29, 0.717) is 5.75 Å². The Balaban J connectivity index is 1.98. The molecule has 0 saturated carbocycles. The lowest BCUT2D eigenvalue weighted by Crippen LogP contribution is -2.15. The first-order chi connectivity index (χ1) is 10.7. The Kier molecular flexibility index (Phi) is 6.01. The van der Waals surface area contributed by atoms with Gasteiger partial charge in [-0.25, -0.2) is 4.79 Å². The number of ether oxygens (including phenoxy) is 2. The second kappa shape index (κ2) is 8.23. The van der Waals surface area contributed by atoms with Gasteiger partial charge in [-0.1, -0.05) is 62.7 Å². The Morgan fingerprint density at radius 2 is 1.68 bits per heavy atom. The van der Waals surface area contributed by atoms with Gasteiger partial charge in [0, 0.05) is 0 Å². The van der Waals surface area contributed by atoms with Crippen molar-refractivity contribution < 1.29 is 14.3 Å². The van der Waals surface area contributed by atoms with Crippen LogP contribution in [0.25, 0.3) is 0 Å². The van der Waals surface area contributed by atoms with Gasteiger partial charge in [-0.3, -0.25) is 0 Å². The maximum atomic E-state index is 12.0. The molecule has 0 aliphatic heterocycles. The molecule has 0 aromatic heterocycles. The van der Waals surface area contributed by atoms with Crippen LogP contribution in [0.15, 0.2) is 54.6 Å². The zero-order chi connectivity index (χ0) is 15.8. The van der Waals surface area contributed by atoms with Crippen LogP contribution in [0, 0.1) is 0 Å². The highest BCUT2D eigenvalue weighted by atomic mass is 16.7. The summed E-state index contributed by atoms with van der Waals surface area (Å²) in [6, 6.07) is 17.2. The zero-order valence-corrected chi connectivity index (χ0v) is 13.1. The van der Waals surface area contributed by atoms with E-state index in [2.05, 4.69) is 13.8 Å². The van der Waals surface area contributed by atoms with Crippen LogP contribution in [0.4, 0.5) is 4.79 Å². The molecule has 0 bridgehead atoms. The summed E-state index contributed by atoms with van der Waals surface area (Å²) in [6.45, 7) is 4.15. The molecule has 3 heteroatoms. The van der Waals surface area contributed by atoms with Gasteiger partial charge in [0.15, 0.2) is 0 Å². The molecule has 0 heterocycles. The second-order valence-electron chi connectivity index (χ2n) is 5.16. The third kappa shape index (κ3) is 4.62. The van der Waals surface area contributed by atoms with Gasteiger partial charge >= 0.3 is 6.16 Å². The van der Waals surface area contributed by atoms with Gasteiger partial charge in [0.2, 0.25) is 0 Å². The molecule has 0 radical (unpaired) electrons. The lowest BCUT2D eigenvalue weighted by atomic mass is 10.1. The molecule has 0 N–H and O–H groups in total. The molecule has 2 aromatic rings. The lowest BCUT2D eigenvalue weighted by molar-refractivity contribution is 0.0537. The molecule has 2 rings (SSSR count). The van der Waals surface area contributed by atoms with Crippen LogP contribution in [-0.2, 0) is 11.2 Å². The SMILES string of the molecule is CCCC(OC(=O)Oc1ccc(CC)cc1)c1ccccc1.